The van der Waals surface area contributed by atoms with Crippen LogP contribution in [-0.2, 0) is 6.42 Å². The molecule has 0 unspecified atom stereocenters. The van der Waals surface area contributed by atoms with Crippen LogP contribution in [0.15, 0.2) is 28.0 Å². The van der Waals surface area contributed by atoms with Crippen molar-refractivity contribution in [3.8, 4) is 0 Å². The topological polar surface area (TPSA) is 0 Å². The monoisotopic (exact) mass is 225 g/mol. The quantitative estimate of drug-likeness (QED) is 0.701. The van der Waals surface area contributed by atoms with Gasteiger partial charge < -0.3 is 0 Å². The standard InChI is InChI=1S/C12H17S2/c1-9(2)7-10-5-6-11(13-3)12(8-10)14-4/h5-6,8H,7H2,1-4H3. The predicted octanol–water partition coefficient (Wildman–Crippen LogP) is 4.29. The molecule has 14 heavy (non-hydrogen) atoms. The van der Waals surface area contributed by atoms with Gasteiger partial charge in [-0.1, -0.05) is 19.9 Å². The lowest BCUT2D eigenvalue weighted by molar-refractivity contribution is 0.947. The lowest BCUT2D eigenvalue weighted by Gasteiger charge is -2.09. The highest BCUT2D eigenvalue weighted by atomic mass is 32.2. The van der Waals surface area contributed by atoms with Crippen molar-refractivity contribution in [1.82, 2.24) is 0 Å². The Labute approximate surface area is 95.9 Å². The fraction of sp³-hybridized carbons (Fsp3) is 0.417. The summed E-state index contributed by atoms with van der Waals surface area (Å²) in [6, 6.07) is 6.77. The van der Waals surface area contributed by atoms with Gasteiger partial charge in [0, 0.05) is 9.79 Å². The summed E-state index contributed by atoms with van der Waals surface area (Å²) in [7, 11) is 0. The van der Waals surface area contributed by atoms with Crippen molar-refractivity contribution in [2.45, 2.75) is 30.1 Å². The largest absolute Gasteiger partial charge is 0.128 e. The highest BCUT2D eigenvalue weighted by Crippen LogP contribution is 2.29. The van der Waals surface area contributed by atoms with Crippen molar-refractivity contribution in [2.75, 3.05) is 12.5 Å². The minimum Gasteiger partial charge on any atom is -0.128 e. The second-order valence-corrected chi connectivity index (χ2v) is 5.27. The molecule has 2 heteroatoms. The van der Waals surface area contributed by atoms with Gasteiger partial charge in [-0.05, 0) is 42.5 Å². The van der Waals surface area contributed by atoms with Crippen LogP contribution < -0.4 is 0 Å². The minimum absolute atomic E-state index is 1.10. The van der Waals surface area contributed by atoms with E-state index < -0.39 is 0 Å². The van der Waals surface area contributed by atoms with Crippen molar-refractivity contribution in [1.29, 1.82) is 0 Å². The molecule has 0 aromatic heterocycles. The SMILES string of the molecule is CSc1ccc(C[C](C)C)cc1SC. The van der Waals surface area contributed by atoms with Crippen LogP contribution in [0.25, 0.3) is 0 Å². The van der Waals surface area contributed by atoms with Crippen molar-refractivity contribution in [2.24, 2.45) is 0 Å². The van der Waals surface area contributed by atoms with Gasteiger partial charge in [-0.2, -0.15) is 0 Å². The van der Waals surface area contributed by atoms with E-state index in [9.17, 15) is 0 Å². The molecule has 1 radical (unpaired) electrons. The van der Waals surface area contributed by atoms with E-state index >= 15 is 0 Å². The first-order valence-corrected chi connectivity index (χ1v) is 7.12. The van der Waals surface area contributed by atoms with Crippen LogP contribution in [0.4, 0.5) is 0 Å². The Morgan fingerprint density at radius 2 is 1.71 bits per heavy atom. The number of benzene rings is 1. The van der Waals surface area contributed by atoms with Gasteiger partial charge >= 0.3 is 0 Å². The molecular weight excluding hydrogens is 208 g/mol. The van der Waals surface area contributed by atoms with Gasteiger partial charge in [-0.15, -0.1) is 23.5 Å². The van der Waals surface area contributed by atoms with Gasteiger partial charge in [0.1, 0.15) is 0 Å². The summed E-state index contributed by atoms with van der Waals surface area (Å²) in [5, 5.41) is 0. The van der Waals surface area contributed by atoms with E-state index in [4.69, 9.17) is 0 Å². The first kappa shape index (κ1) is 12.0. The maximum atomic E-state index is 2.31. The summed E-state index contributed by atoms with van der Waals surface area (Å²) >= 11 is 3.65. The summed E-state index contributed by atoms with van der Waals surface area (Å²) < 4.78 is 0. The van der Waals surface area contributed by atoms with E-state index in [1.54, 1.807) is 0 Å². The Kier molecular flexibility index (Phi) is 4.90. The molecule has 0 saturated heterocycles. The molecule has 0 atom stereocenters. The third kappa shape index (κ3) is 3.25. The van der Waals surface area contributed by atoms with Crippen LogP contribution in [0.5, 0.6) is 0 Å². The molecule has 0 nitrogen and oxygen atoms in total. The van der Waals surface area contributed by atoms with E-state index in [0.717, 1.165) is 6.42 Å². The summed E-state index contributed by atoms with van der Waals surface area (Å²) in [5.41, 5.74) is 1.42. The lowest BCUT2D eigenvalue weighted by atomic mass is 10.0. The fourth-order valence-corrected chi connectivity index (χ4v) is 2.90. The highest BCUT2D eigenvalue weighted by Gasteiger charge is 2.03. The zero-order valence-electron chi connectivity index (χ0n) is 9.26. The molecule has 1 rings (SSSR count). The van der Waals surface area contributed by atoms with Gasteiger partial charge in [-0.3, -0.25) is 0 Å². The van der Waals surface area contributed by atoms with Crippen LogP contribution in [0.2, 0.25) is 0 Å². The molecule has 0 saturated carbocycles. The van der Waals surface area contributed by atoms with Crippen LogP contribution in [0, 0.1) is 5.92 Å². The second-order valence-electron chi connectivity index (χ2n) is 3.57. The minimum atomic E-state index is 1.10. The molecule has 0 heterocycles. The Morgan fingerprint density at radius 3 is 2.21 bits per heavy atom. The molecule has 0 aliphatic carbocycles. The van der Waals surface area contributed by atoms with E-state index in [2.05, 4.69) is 44.6 Å². The van der Waals surface area contributed by atoms with Gasteiger partial charge in [0.25, 0.3) is 0 Å². The third-order valence-corrected chi connectivity index (χ3v) is 3.71. The molecule has 1 aromatic rings. The van der Waals surface area contributed by atoms with Crippen molar-refractivity contribution in [3.63, 3.8) is 0 Å². The van der Waals surface area contributed by atoms with Crippen molar-refractivity contribution in [3.05, 3.63) is 29.7 Å². The number of rotatable bonds is 4. The molecule has 77 valence electrons. The van der Waals surface area contributed by atoms with Crippen molar-refractivity contribution < 1.29 is 0 Å². The zero-order valence-corrected chi connectivity index (χ0v) is 10.9. The summed E-state index contributed by atoms with van der Waals surface area (Å²) in [6.07, 6.45) is 5.37. The van der Waals surface area contributed by atoms with Crippen LogP contribution in [0.1, 0.15) is 19.4 Å². The van der Waals surface area contributed by atoms with Gasteiger partial charge in [0.05, 0.1) is 0 Å². The average molecular weight is 225 g/mol. The third-order valence-electron chi connectivity index (χ3n) is 2.01. The molecular formula is C12H17S2. The highest BCUT2D eigenvalue weighted by molar-refractivity contribution is 8.01. The molecule has 0 N–H and O–H groups in total. The van der Waals surface area contributed by atoms with Crippen molar-refractivity contribution >= 4 is 23.5 Å². The van der Waals surface area contributed by atoms with Crippen LogP contribution in [-0.4, -0.2) is 12.5 Å². The smallest absolute Gasteiger partial charge is 0.0208 e. The maximum absolute atomic E-state index is 2.31. The summed E-state index contributed by atoms with van der Waals surface area (Å²) in [6.45, 7) is 4.36. The first-order chi connectivity index (χ1) is 6.67. The number of hydrogen-bond acceptors (Lipinski definition) is 2. The maximum Gasteiger partial charge on any atom is 0.0208 e. The van der Waals surface area contributed by atoms with Gasteiger partial charge in [0.2, 0.25) is 0 Å². The van der Waals surface area contributed by atoms with E-state index in [-0.39, 0.29) is 0 Å². The molecule has 0 aliphatic heterocycles. The molecule has 0 amide bonds. The normalized spacial score (nSPS) is 10.9. The van der Waals surface area contributed by atoms with E-state index in [1.807, 2.05) is 23.5 Å². The Balaban J connectivity index is 2.89. The first-order valence-electron chi connectivity index (χ1n) is 4.67. The predicted molar refractivity (Wildman–Crippen MR) is 68.3 cm³/mol. The molecule has 1 aromatic carbocycles. The summed E-state index contributed by atoms with van der Waals surface area (Å²) in [5.74, 6) is 1.47. The summed E-state index contributed by atoms with van der Waals surface area (Å²) in [4.78, 5) is 2.78. The molecule has 0 spiro atoms. The fourth-order valence-electron chi connectivity index (χ4n) is 1.40. The average Bonchev–Trinajstić information content (AvgIpc) is 2.16. The zero-order chi connectivity index (χ0) is 10.6. The Hall–Kier alpha value is -0.0800. The molecule has 0 aliphatic rings. The van der Waals surface area contributed by atoms with Gasteiger partial charge in [0.15, 0.2) is 0 Å². The van der Waals surface area contributed by atoms with E-state index in [0.29, 0.717) is 0 Å². The number of thioether (sulfide) groups is 2. The van der Waals surface area contributed by atoms with Crippen LogP contribution in [0.3, 0.4) is 0 Å². The van der Waals surface area contributed by atoms with Crippen LogP contribution >= 0.6 is 23.5 Å². The Morgan fingerprint density at radius 1 is 1.07 bits per heavy atom. The molecule has 0 fully saturated rings. The lowest BCUT2D eigenvalue weighted by Crippen LogP contribution is -1.92. The second kappa shape index (κ2) is 5.72. The number of hydrogen-bond donors (Lipinski definition) is 0. The Bertz CT molecular complexity index is 292. The van der Waals surface area contributed by atoms with E-state index in [1.165, 1.54) is 21.3 Å². The van der Waals surface area contributed by atoms with Gasteiger partial charge in [-0.25, -0.2) is 0 Å². The molecule has 0 bridgehead atoms.